The van der Waals surface area contributed by atoms with E-state index in [9.17, 15) is 5.11 Å². The van der Waals surface area contributed by atoms with Crippen molar-refractivity contribution in [3.05, 3.63) is 35.4 Å². The van der Waals surface area contributed by atoms with Gasteiger partial charge in [0.25, 0.3) is 0 Å². The van der Waals surface area contributed by atoms with E-state index in [0.717, 1.165) is 35.5 Å². The number of halogens is 1. The number of ether oxygens (including phenoxy) is 2. The van der Waals surface area contributed by atoms with Crippen molar-refractivity contribution in [2.75, 3.05) is 27.7 Å². The molecule has 126 valence electrons. The third-order valence-electron chi connectivity index (χ3n) is 5.52. The van der Waals surface area contributed by atoms with Crippen molar-refractivity contribution < 1.29 is 43.0 Å². The van der Waals surface area contributed by atoms with Crippen LogP contribution < -0.4 is 33.5 Å². The van der Waals surface area contributed by atoms with E-state index in [4.69, 9.17) is 9.47 Å². The van der Waals surface area contributed by atoms with Crippen molar-refractivity contribution in [3.8, 4) is 11.5 Å². The first-order valence-corrected chi connectivity index (χ1v) is 8.02. The number of nitrogens with zero attached hydrogens (tertiary/aromatic N) is 1. The summed E-state index contributed by atoms with van der Waals surface area (Å²) in [4.78, 5) is 0. The van der Waals surface area contributed by atoms with E-state index in [1.54, 1.807) is 7.11 Å². The molecule has 0 bridgehead atoms. The number of hydrogen-bond donors (Lipinski definition) is 1. The van der Waals surface area contributed by atoms with Gasteiger partial charge in [0.2, 0.25) is 0 Å². The summed E-state index contributed by atoms with van der Waals surface area (Å²) >= 11 is 0. The topological polar surface area (TPSA) is 38.7 Å². The fraction of sp³-hybridized carbons (Fsp3) is 0.556. The third kappa shape index (κ3) is 2.39. The number of rotatable bonds is 1. The first kappa shape index (κ1) is 17.0. The lowest BCUT2D eigenvalue weighted by Crippen LogP contribution is -3.00. The molecule has 5 heteroatoms. The first-order valence-electron chi connectivity index (χ1n) is 8.02. The Labute approximate surface area is 154 Å². The molecule has 2 aliphatic heterocycles. The van der Waals surface area contributed by atoms with Gasteiger partial charge in [-0.25, -0.2) is 0 Å². The van der Waals surface area contributed by atoms with Crippen LogP contribution in [0.2, 0.25) is 0 Å². The average molecular weight is 429 g/mol. The molecule has 0 aromatic heterocycles. The molecule has 1 aromatic carbocycles. The lowest BCUT2D eigenvalue weighted by molar-refractivity contribution is -0.903. The van der Waals surface area contributed by atoms with Crippen LogP contribution in [-0.4, -0.2) is 49.5 Å². The van der Waals surface area contributed by atoms with E-state index in [0.29, 0.717) is 6.42 Å². The molecule has 1 spiro atoms. The number of quaternary nitrogens is 1. The highest BCUT2D eigenvalue weighted by molar-refractivity contribution is 5.60. The van der Waals surface area contributed by atoms with Crippen LogP contribution in [-0.2, 0) is 12.0 Å². The molecule has 3 unspecified atom stereocenters. The first-order chi connectivity index (χ1) is 10.5. The summed E-state index contributed by atoms with van der Waals surface area (Å²) in [5, 5.41) is 10.5. The van der Waals surface area contributed by atoms with Gasteiger partial charge in [-0.15, -0.1) is 0 Å². The third-order valence-corrected chi connectivity index (χ3v) is 5.52. The molecule has 0 radical (unpaired) electrons. The minimum atomic E-state index is -0.455. The van der Waals surface area contributed by atoms with Gasteiger partial charge in [-0.1, -0.05) is 12.2 Å². The summed E-state index contributed by atoms with van der Waals surface area (Å²) in [7, 11) is 6.22. The second-order valence-corrected chi connectivity index (χ2v) is 7.48. The second kappa shape index (κ2) is 5.63. The van der Waals surface area contributed by atoms with Gasteiger partial charge in [0.1, 0.15) is 12.6 Å². The molecule has 1 aromatic rings. The Morgan fingerprint density at radius 3 is 2.87 bits per heavy atom. The Morgan fingerprint density at radius 2 is 2.13 bits per heavy atom. The predicted octanol–water partition coefficient (Wildman–Crippen LogP) is -1.00. The highest BCUT2D eigenvalue weighted by atomic mass is 127. The van der Waals surface area contributed by atoms with Gasteiger partial charge >= 0.3 is 0 Å². The Hall–Kier alpha value is -0.790. The van der Waals surface area contributed by atoms with E-state index < -0.39 is 6.10 Å². The van der Waals surface area contributed by atoms with Crippen LogP contribution in [0.15, 0.2) is 24.3 Å². The van der Waals surface area contributed by atoms with E-state index in [-0.39, 0.29) is 35.5 Å². The number of hydrogen-bond acceptors (Lipinski definition) is 3. The SMILES string of the molecule is COc1ccc2c3c1OC1C(O)CC=CC31CC[N+](C)(C)C2.[I-]. The molecule has 3 atom stereocenters. The van der Waals surface area contributed by atoms with Gasteiger partial charge < -0.3 is 43.0 Å². The van der Waals surface area contributed by atoms with Crippen molar-refractivity contribution >= 4 is 0 Å². The molecule has 3 aliphatic rings. The smallest absolute Gasteiger partial charge is 0.166 e. The van der Waals surface area contributed by atoms with Crippen LogP contribution in [0.25, 0.3) is 0 Å². The van der Waals surface area contributed by atoms with Crippen LogP contribution in [0, 0.1) is 0 Å². The van der Waals surface area contributed by atoms with Gasteiger partial charge in [-0.05, 0) is 18.6 Å². The highest BCUT2D eigenvalue weighted by Gasteiger charge is 2.56. The maximum absolute atomic E-state index is 10.5. The Kier molecular flexibility index (Phi) is 4.18. The van der Waals surface area contributed by atoms with E-state index in [1.165, 1.54) is 11.1 Å². The fourth-order valence-corrected chi connectivity index (χ4v) is 4.42. The quantitative estimate of drug-likeness (QED) is 0.354. The summed E-state index contributed by atoms with van der Waals surface area (Å²) in [5.74, 6) is 1.62. The monoisotopic (exact) mass is 429 g/mol. The molecule has 4 rings (SSSR count). The summed E-state index contributed by atoms with van der Waals surface area (Å²) in [5.41, 5.74) is 2.36. The summed E-state index contributed by atoms with van der Waals surface area (Å²) < 4.78 is 12.7. The van der Waals surface area contributed by atoms with Gasteiger partial charge in [-0.2, -0.15) is 0 Å². The van der Waals surface area contributed by atoms with Gasteiger partial charge in [0.15, 0.2) is 11.5 Å². The molecular weight excluding hydrogens is 405 g/mol. The van der Waals surface area contributed by atoms with E-state index in [2.05, 4.69) is 32.3 Å². The number of benzene rings is 1. The predicted molar refractivity (Wildman–Crippen MR) is 84.1 cm³/mol. The van der Waals surface area contributed by atoms with Gasteiger partial charge in [-0.3, -0.25) is 0 Å². The van der Waals surface area contributed by atoms with Crippen molar-refractivity contribution in [1.82, 2.24) is 0 Å². The van der Waals surface area contributed by atoms with Crippen molar-refractivity contribution in [1.29, 1.82) is 0 Å². The molecule has 1 aliphatic carbocycles. The van der Waals surface area contributed by atoms with E-state index in [1.807, 2.05) is 6.07 Å². The molecule has 0 saturated heterocycles. The number of methoxy groups -OCH3 is 1. The lowest BCUT2D eigenvalue weighted by atomic mass is 9.68. The average Bonchev–Trinajstić information content (AvgIpc) is 2.78. The van der Waals surface area contributed by atoms with Crippen LogP contribution >= 0.6 is 0 Å². The molecule has 0 saturated carbocycles. The van der Waals surface area contributed by atoms with Crippen LogP contribution in [0.5, 0.6) is 11.5 Å². The lowest BCUT2D eigenvalue weighted by Gasteiger charge is -2.37. The Balaban J connectivity index is 0.00000156. The Morgan fingerprint density at radius 1 is 1.35 bits per heavy atom. The zero-order chi connectivity index (χ0) is 15.5. The molecule has 23 heavy (non-hydrogen) atoms. The number of aliphatic hydroxyl groups excluding tert-OH is 1. The minimum Gasteiger partial charge on any atom is -1.00 e. The van der Waals surface area contributed by atoms with Crippen molar-refractivity contribution in [2.24, 2.45) is 0 Å². The van der Waals surface area contributed by atoms with Crippen LogP contribution in [0.1, 0.15) is 24.0 Å². The Bertz CT molecular complexity index is 658. The molecule has 0 fully saturated rings. The fourth-order valence-electron chi connectivity index (χ4n) is 4.42. The van der Waals surface area contributed by atoms with Gasteiger partial charge in [0, 0.05) is 17.5 Å². The summed E-state index contributed by atoms with van der Waals surface area (Å²) in [6.07, 6.45) is 5.41. The van der Waals surface area contributed by atoms with Crippen molar-refractivity contribution in [3.63, 3.8) is 0 Å². The summed E-state index contributed by atoms with van der Waals surface area (Å²) in [6.45, 7) is 2.04. The number of aliphatic hydroxyl groups is 1. The maximum atomic E-state index is 10.5. The van der Waals surface area contributed by atoms with Crippen LogP contribution in [0.4, 0.5) is 0 Å². The molecular formula is C18H24INO3. The standard InChI is InChI=1S/C18H24NO3.HI/c1-19(2)10-9-18-8-4-5-13(20)17(18)22-16-14(21-3)7-6-12(11-19)15(16)18;/h4,6-8,13,17,20H,5,9-11H2,1-3H3;1H/q+1;/p-1. The minimum absolute atomic E-state index is 0. The van der Waals surface area contributed by atoms with Crippen LogP contribution in [0.3, 0.4) is 0 Å². The van der Waals surface area contributed by atoms with E-state index >= 15 is 0 Å². The molecule has 0 amide bonds. The van der Waals surface area contributed by atoms with Gasteiger partial charge in [0.05, 0.1) is 39.3 Å². The molecule has 2 heterocycles. The molecule has 1 N–H and O–H groups in total. The zero-order valence-corrected chi connectivity index (χ0v) is 16.0. The normalized spacial score (nSPS) is 32.9. The maximum Gasteiger partial charge on any atom is 0.166 e. The molecule has 4 nitrogen and oxygen atoms in total. The zero-order valence-electron chi connectivity index (χ0n) is 13.9. The second-order valence-electron chi connectivity index (χ2n) is 7.48. The summed E-state index contributed by atoms with van der Waals surface area (Å²) in [6, 6.07) is 4.17. The highest BCUT2D eigenvalue weighted by Crippen LogP contribution is 2.56. The largest absolute Gasteiger partial charge is 1.00 e. The van der Waals surface area contributed by atoms with Crippen molar-refractivity contribution in [2.45, 2.75) is 37.0 Å².